The Kier molecular flexibility index (Phi) is 4.83. The summed E-state index contributed by atoms with van der Waals surface area (Å²) in [6, 6.07) is 5.30. The molecule has 88 valence electrons. The number of thioether (sulfide) groups is 1. The molecule has 1 unspecified atom stereocenters. The van der Waals surface area contributed by atoms with E-state index in [0.717, 1.165) is 16.2 Å². The van der Waals surface area contributed by atoms with Crippen LogP contribution in [0.25, 0.3) is 0 Å². The number of rotatable bonds is 5. The first-order valence-corrected chi connectivity index (χ1v) is 6.10. The fraction of sp³-hybridized carbons (Fsp3) is 0.417. The smallest absolute Gasteiger partial charge is 0.336 e. The molecule has 1 aromatic rings. The van der Waals surface area contributed by atoms with Crippen LogP contribution in [0.5, 0.6) is 0 Å². The van der Waals surface area contributed by atoms with E-state index in [-0.39, 0.29) is 12.5 Å². The molecule has 0 spiro atoms. The summed E-state index contributed by atoms with van der Waals surface area (Å²) in [4.78, 5) is 11.8. The normalized spacial score (nSPS) is 12.4. The quantitative estimate of drug-likeness (QED) is 0.776. The van der Waals surface area contributed by atoms with Crippen molar-refractivity contribution >= 4 is 17.7 Å². The number of aliphatic hydroxyl groups is 1. The van der Waals surface area contributed by atoms with Gasteiger partial charge in [-0.1, -0.05) is 13.0 Å². The summed E-state index contributed by atoms with van der Waals surface area (Å²) >= 11 is 1.48. The highest BCUT2D eigenvalue weighted by atomic mass is 32.2. The van der Waals surface area contributed by atoms with E-state index in [1.165, 1.54) is 11.8 Å². The largest absolute Gasteiger partial charge is 0.478 e. The Morgan fingerprint density at radius 3 is 2.75 bits per heavy atom. The molecule has 0 aromatic heterocycles. The second-order valence-electron chi connectivity index (χ2n) is 3.90. The van der Waals surface area contributed by atoms with E-state index < -0.39 is 5.97 Å². The molecular weight excluding hydrogens is 224 g/mol. The highest BCUT2D eigenvalue weighted by Gasteiger charge is 2.11. The number of benzene rings is 1. The second kappa shape index (κ2) is 5.92. The van der Waals surface area contributed by atoms with Crippen molar-refractivity contribution in [1.82, 2.24) is 0 Å². The molecule has 0 aliphatic rings. The predicted octanol–water partition coefficient (Wildman–Crippen LogP) is 2.41. The Morgan fingerprint density at radius 2 is 2.19 bits per heavy atom. The number of carboxylic acid groups (broad SMARTS) is 1. The first-order chi connectivity index (χ1) is 7.54. The topological polar surface area (TPSA) is 57.5 Å². The summed E-state index contributed by atoms with van der Waals surface area (Å²) in [6.45, 7) is 4.00. The van der Waals surface area contributed by atoms with Gasteiger partial charge in [0.15, 0.2) is 0 Å². The van der Waals surface area contributed by atoms with Crippen LogP contribution in [-0.2, 0) is 0 Å². The van der Waals surface area contributed by atoms with Crippen LogP contribution < -0.4 is 0 Å². The van der Waals surface area contributed by atoms with Crippen LogP contribution in [0.15, 0.2) is 23.1 Å². The second-order valence-corrected chi connectivity index (χ2v) is 4.97. The molecule has 0 radical (unpaired) electrons. The van der Waals surface area contributed by atoms with E-state index in [0.29, 0.717) is 5.56 Å². The molecule has 3 nitrogen and oxygen atoms in total. The van der Waals surface area contributed by atoms with E-state index >= 15 is 0 Å². The minimum absolute atomic E-state index is 0.126. The molecule has 4 heteroatoms. The lowest BCUT2D eigenvalue weighted by Crippen LogP contribution is -2.05. The van der Waals surface area contributed by atoms with Crippen LogP contribution in [0.2, 0.25) is 0 Å². The summed E-state index contributed by atoms with van der Waals surface area (Å²) in [5.41, 5.74) is 1.38. The van der Waals surface area contributed by atoms with Gasteiger partial charge in [-0.15, -0.1) is 11.8 Å². The van der Waals surface area contributed by atoms with Gasteiger partial charge >= 0.3 is 5.97 Å². The molecule has 0 amide bonds. The summed E-state index contributed by atoms with van der Waals surface area (Å²) < 4.78 is 0. The number of hydrogen-bond acceptors (Lipinski definition) is 3. The van der Waals surface area contributed by atoms with Gasteiger partial charge in [-0.25, -0.2) is 4.79 Å². The van der Waals surface area contributed by atoms with Crippen molar-refractivity contribution in [3.8, 4) is 0 Å². The number of hydrogen-bond donors (Lipinski definition) is 2. The maximum Gasteiger partial charge on any atom is 0.336 e. The van der Waals surface area contributed by atoms with Crippen molar-refractivity contribution in [3.05, 3.63) is 29.3 Å². The van der Waals surface area contributed by atoms with E-state index in [9.17, 15) is 4.79 Å². The van der Waals surface area contributed by atoms with E-state index in [1.807, 2.05) is 19.9 Å². The summed E-state index contributed by atoms with van der Waals surface area (Å²) in [6.07, 6.45) is 0. The van der Waals surface area contributed by atoms with Crippen molar-refractivity contribution < 1.29 is 15.0 Å². The molecular formula is C12H16O3S. The summed E-state index contributed by atoms with van der Waals surface area (Å²) in [5, 5.41) is 17.9. The zero-order chi connectivity index (χ0) is 12.1. The molecule has 0 fully saturated rings. The molecule has 2 N–H and O–H groups in total. The third-order valence-electron chi connectivity index (χ3n) is 2.20. The van der Waals surface area contributed by atoms with Crippen LogP contribution in [0.3, 0.4) is 0 Å². The number of aliphatic hydroxyl groups excluding tert-OH is 1. The first kappa shape index (κ1) is 13.1. The Balaban J connectivity index is 2.84. The SMILES string of the molecule is Cc1ccc(C(=O)O)c(SCC(C)CO)c1. The number of aryl methyl sites for hydroxylation is 1. The molecule has 1 atom stereocenters. The van der Waals surface area contributed by atoms with Gasteiger partial charge in [-0.2, -0.15) is 0 Å². The van der Waals surface area contributed by atoms with E-state index in [4.69, 9.17) is 10.2 Å². The molecule has 0 aliphatic carbocycles. The van der Waals surface area contributed by atoms with E-state index in [1.54, 1.807) is 12.1 Å². The minimum atomic E-state index is -0.904. The lowest BCUT2D eigenvalue weighted by atomic mass is 10.1. The van der Waals surface area contributed by atoms with Crippen molar-refractivity contribution in [3.63, 3.8) is 0 Å². The van der Waals surface area contributed by atoms with Crippen LogP contribution in [-0.4, -0.2) is 28.5 Å². The Hall–Kier alpha value is -1.00. The summed E-state index contributed by atoms with van der Waals surface area (Å²) in [7, 11) is 0. The molecule has 0 saturated carbocycles. The van der Waals surface area contributed by atoms with Gasteiger partial charge in [0.25, 0.3) is 0 Å². The van der Waals surface area contributed by atoms with Gasteiger partial charge in [0.2, 0.25) is 0 Å². The van der Waals surface area contributed by atoms with Gasteiger partial charge < -0.3 is 10.2 Å². The lowest BCUT2D eigenvalue weighted by Gasteiger charge is -2.10. The zero-order valence-electron chi connectivity index (χ0n) is 9.43. The van der Waals surface area contributed by atoms with Gasteiger partial charge in [0.05, 0.1) is 5.56 Å². The third kappa shape index (κ3) is 3.54. The van der Waals surface area contributed by atoms with Crippen LogP contribution in [0.4, 0.5) is 0 Å². The van der Waals surface area contributed by atoms with Crippen molar-refractivity contribution in [2.45, 2.75) is 18.7 Å². The fourth-order valence-electron chi connectivity index (χ4n) is 1.21. The highest BCUT2D eigenvalue weighted by Crippen LogP contribution is 2.26. The number of aromatic carboxylic acids is 1. The fourth-order valence-corrected chi connectivity index (χ4v) is 2.36. The number of carbonyl (C=O) groups is 1. The first-order valence-electron chi connectivity index (χ1n) is 5.12. The minimum Gasteiger partial charge on any atom is -0.478 e. The van der Waals surface area contributed by atoms with Crippen LogP contribution >= 0.6 is 11.8 Å². The van der Waals surface area contributed by atoms with Gasteiger partial charge in [-0.05, 0) is 30.5 Å². The Labute approximate surface area is 99.5 Å². The Bertz CT molecular complexity index is 377. The molecule has 0 bridgehead atoms. The standard InChI is InChI=1S/C12H16O3S/c1-8-3-4-10(12(14)15)11(5-8)16-7-9(2)6-13/h3-5,9,13H,6-7H2,1-2H3,(H,14,15). The van der Waals surface area contributed by atoms with Crippen molar-refractivity contribution in [2.75, 3.05) is 12.4 Å². The van der Waals surface area contributed by atoms with Crippen molar-refractivity contribution in [1.29, 1.82) is 0 Å². The average Bonchev–Trinajstić information content (AvgIpc) is 2.25. The maximum atomic E-state index is 11.0. The van der Waals surface area contributed by atoms with Gasteiger partial charge in [0.1, 0.15) is 0 Å². The predicted molar refractivity (Wildman–Crippen MR) is 65.1 cm³/mol. The molecule has 0 aliphatic heterocycles. The lowest BCUT2D eigenvalue weighted by molar-refractivity contribution is 0.0693. The van der Waals surface area contributed by atoms with Crippen LogP contribution in [0.1, 0.15) is 22.8 Å². The van der Waals surface area contributed by atoms with Gasteiger partial charge in [0, 0.05) is 17.3 Å². The van der Waals surface area contributed by atoms with Crippen LogP contribution in [0, 0.1) is 12.8 Å². The molecule has 0 heterocycles. The van der Waals surface area contributed by atoms with E-state index in [2.05, 4.69) is 0 Å². The highest BCUT2D eigenvalue weighted by molar-refractivity contribution is 7.99. The molecule has 0 saturated heterocycles. The van der Waals surface area contributed by atoms with Crippen molar-refractivity contribution in [2.24, 2.45) is 5.92 Å². The number of carboxylic acids is 1. The molecule has 1 aromatic carbocycles. The molecule has 16 heavy (non-hydrogen) atoms. The third-order valence-corrected chi connectivity index (χ3v) is 3.59. The molecule has 1 rings (SSSR count). The average molecular weight is 240 g/mol. The monoisotopic (exact) mass is 240 g/mol. The van der Waals surface area contributed by atoms with Gasteiger partial charge in [-0.3, -0.25) is 0 Å². The maximum absolute atomic E-state index is 11.0. The zero-order valence-corrected chi connectivity index (χ0v) is 10.3. The summed E-state index contributed by atoms with van der Waals surface area (Å²) in [5.74, 6) is -0.00782. The Morgan fingerprint density at radius 1 is 1.50 bits per heavy atom.